The third-order valence-corrected chi connectivity index (χ3v) is 4.42. The first-order chi connectivity index (χ1) is 11.5. The number of nitrogens with one attached hydrogen (secondary N) is 1. The van der Waals surface area contributed by atoms with E-state index in [0.29, 0.717) is 52.3 Å². The second-order valence-corrected chi connectivity index (χ2v) is 6.03. The Morgan fingerprint density at radius 3 is 2.27 bits per heavy atom. The van der Waals surface area contributed by atoms with Crippen molar-refractivity contribution < 1.29 is 19.1 Å². The molecule has 2 amide bonds. The second kappa shape index (κ2) is 15.4. The van der Waals surface area contributed by atoms with Crippen molar-refractivity contribution in [2.24, 2.45) is 5.73 Å². The normalized spacial score (nSPS) is 16.8. The first-order valence-electron chi connectivity index (χ1n) is 8.54. The summed E-state index contributed by atoms with van der Waals surface area (Å²) in [6, 6.07) is -0.194. The van der Waals surface area contributed by atoms with Gasteiger partial charge in [0, 0.05) is 60.1 Å². The zero-order valence-electron chi connectivity index (χ0n) is 15.9. The molecular weight excluding hydrogens is 383 g/mol. The minimum atomic E-state index is -0.229. The topological polar surface area (TPSA) is 97.1 Å². The minimum Gasteiger partial charge on any atom is -0.385 e. The van der Waals surface area contributed by atoms with Crippen LogP contribution in [0.15, 0.2) is 0 Å². The molecule has 26 heavy (non-hydrogen) atoms. The van der Waals surface area contributed by atoms with Gasteiger partial charge >= 0.3 is 0 Å². The van der Waals surface area contributed by atoms with Crippen LogP contribution in [0.1, 0.15) is 19.8 Å². The van der Waals surface area contributed by atoms with Gasteiger partial charge in [0.25, 0.3) is 0 Å². The van der Waals surface area contributed by atoms with Gasteiger partial charge in [-0.1, -0.05) is 0 Å². The molecule has 2 atom stereocenters. The molecule has 1 aliphatic heterocycles. The van der Waals surface area contributed by atoms with Crippen LogP contribution < -0.4 is 11.1 Å². The van der Waals surface area contributed by atoms with Gasteiger partial charge in [-0.05, 0) is 13.3 Å². The molecule has 1 aliphatic rings. The highest BCUT2D eigenvalue weighted by Gasteiger charge is 2.28. The van der Waals surface area contributed by atoms with Crippen molar-refractivity contribution in [1.82, 2.24) is 15.1 Å². The van der Waals surface area contributed by atoms with Gasteiger partial charge in [-0.3, -0.25) is 14.5 Å². The number of piperazine rings is 1. The molecule has 0 spiro atoms. The molecular formula is C16H34Cl2N4O4. The lowest BCUT2D eigenvalue weighted by Crippen LogP contribution is -2.55. The molecule has 0 aromatic heterocycles. The highest BCUT2D eigenvalue weighted by atomic mass is 35.5. The van der Waals surface area contributed by atoms with Crippen molar-refractivity contribution in [1.29, 1.82) is 0 Å². The summed E-state index contributed by atoms with van der Waals surface area (Å²) in [5.41, 5.74) is 5.56. The third kappa shape index (κ3) is 9.34. The highest BCUT2D eigenvalue weighted by molar-refractivity contribution is 5.85. The lowest BCUT2D eigenvalue weighted by atomic mass is 10.2. The lowest BCUT2D eigenvalue weighted by Gasteiger charge is -2.37. The number of nitrogens with two attached hydrogens (primary N) is 1. The average Bonchev–Trinajstić information content (AvgIpc) is 2.62. The lowest BCUT2D eigenvalue weighted by molar-refractivity contribution is -0.136. The van der Waals surface area contributed by atoms with E-state index in [1.165, 1.54) is 0 Å². The predicted molar refractivity (Wildman–Crippen MR) is 106 cm³/mol. The van der Waals surface area contributed by atoms with Gasteiger partial charge in [0.2, 0.25) is 11.8 Å². The summed E-state index contributed by atoms with van der Waals surface area (Å²) in [6.07, 6.45) is 0.883. The molecule has 0 radical (unpaired) electrons. The summed E-state index contributed by atoms with van der Waals surface area (Å²) in [4.78, 5) is 28.3. The van der Waals surface area contributed by atoms with Gasteiger partial charge in [0.05, 0.1) is 18.6 Å². The summed E-state index contributed by atoms with van der Waals surface area (Å²) in [5, 5.41) is 2.92. The summed E-state index contributed by atoms with van der Waals surface area (Å²) in [7, 11) is 3.21. The van der Waals surface area contributed by atoms with E-state index >= 15 is 0 Å². The monoisotopic (exact) mass is 416 g/mol. The zero-order valence-corrected chi connectivity index (χ0v) is 17.6. The van der Waals surface area contributed by atoms with Gasteiger partial charge in [0.15, 0.2) is 0 Å². The van der Waals surface area contributed by atoms with Crippen LogP contribution in [-0.4, -0.2) is 93.9 Å². The Balaban J connectivity index is 0. The number of ether oxygens (including phenoxy) is 2. The van der Waals surface area contributed by atoms with Crippen LogP contribution in [0.3, 0.4) is 0 Å². The van der Waals surface area contributed by atoms with E-state index in [-0.39, 0.29) is 48.8 Å². The molecule has 156 valence electrons. The molecule has 2 unspecified atom stereocenters. The fraction of sp³-hybridized carbons (Fsp3) is 0.875. The first-order valence-corrected chi connectivity index (χ1v) is 8.54. The molecule has 0 aromatic carbocycles. The van der Waals surface area contributed by atoms with E-state index in [9.17, 15) is 9.59 Å². The molecule has 1 heterocycles. The molecule has 0 aliphatic carbocycles. The van der Waals surface area contributed by atoms with Crippen molar-refractivity contribution in [2.45, 2.75) is 31.9 Å². The maximum Gasteiger partial charge on any atom is 0.237 e. The van der Waals surface area contributed by atoms with E-state index in [4.69, 9.17) is 15.2 Å². The number of hydrogen-bond acceptors (Lipinski definition) is 6. The summed E-state index contributed by atoms with van der Waals surface area (Å²) < 4.78 is 10.1. The Bertz CT molecular complexity index is 392. The number of carbonyl (C=O) groups is 2. The highest BCUT2D eigenvalue weighted by Crippen LogP contribution is 2.09. The molecule has 0 bridgehead atoms. The van der Waals surface area contributed by atoms with E-state index in [1.807, 2.05) is 11.8 Å². The van der Waals surface area contributed by atoms with Crippen molar-refractivity contribution in [3.8, 4) is 0 Å². The maximum atomic E-state index is 12.2. The predicted octanol–water partition coefficient (Wildman–Crippen LogP) is -0.121. The SMILES string of the molecule is COCCCNC(=O)C(C)N1CCN(C(=O)CC(CN)OC)CC1.Cl.Cl. The molecule has 1 rings (SSSR count). The smallest absolute Gasteiger partial charge is 0.237 e. The van der Waals surface area contributed by atoms with Crippen LogP contribution in [0.4, 0.5) is 0 Å². The number of hydrogen-bond donors (Lipinski definition) is 2. The third-order valence-electron chi connectivity index (χ3n) is 4.42. The van der Waals surface area contributed by atoms with Gasteiger partial charge in [-0.2, -0.15) is 0 Å². The van der Waals surface area contributed by atoms with E-state index in [0.717, 1.165) is 6.42 Å². The standard InChI is InChI=1S/C16H32N4O4.2ClH/c1-13(16(22)18-5-4-10-23-2)19-6-8-20(9-7-19)15(21)11-14(12-17)24-3;;/h13-14H,4-12,17H2,1-3H3,(H,18,22);2*1H. The molecule has 0 aromatic rings. The van der Waals surface area contributed by atoms with Crippen LogP contribution >= 0.6 is 24.8 Å². The zero-order chi connectivity index (χ0) is 17.9. The van der Waals surface area contributed by atoms with Crippen LogP contribution in [-0.2, 0) is 19.1 Å². The Morgan fingerprint density at radius 2 is 1.77 bits per heavy atom. The van der Waals surface area contributed by atoms with Gasteiger partial charge in [0.1, 0.15) is 0 Å². The molecule has 3 N–H and O–H groups in total. The van der Waals surface area contributed by atoms with Crippen molar-refractivity contribution in [3.05, 3.63) is 0 Å². The van der Waals surface area contributed by atoms with Crippen LogP contribution in [0, 0.1) is 0 Å². The van der Waals surface area contributed by atoms with E-state index < -0.39 is 0 Å². The largest absolute Gasteiger partial charge is 0.385 e. The fourth-order valence-corrected chi connectivity index (χ4v) is 2.69. The van der Waals surface area contributed by atoms with Crippen molar-refractivity contribution >= 4 is 36.6 Å². The quantitative estimate of drug-likeness (QED) is 0.481. The van der Waals surface area contributed by atoms with Gasteiger partial charge < -0.3 is 25.4 Å². The number of carbonyl (C=O) groups excluding carboxylic acids is 2. The van der Waals surface area contributed by atoms with Crippen molar-refractivity contribution in [3.63, 3.8) is 0 Å². The van der Waals surface area contributed by atoms with Gasteiger partial charge in [-0.25, -0.2) is 0 Å². The molecule has 1 fully saturated rings. The number of methoxy groups -OCH3 is 2. The summed E-state index contributed by atoms with van der Waals surface area (Å²) in [6.45, 7) is 6.13. The Labute approximate surface area is 168 Å². The Morgan fingerprint density at radius 1 is 1.15 bits per heavy atom. The van der Waals surface area contributed by atoms with Crippen LogP contribution in [0.2, 0.25) is 0 Å². The summed E-state index contributed by atoms with van der Waals surface area (Å²) in [5.74, 6) is 0.0806. The van der Waals surface area contributed by atoms with Crippen LogP contribution in [0.25, 0.3) is 0 Å². The number of rotatable bonds is 10. The second-order valence-electron chi connectivity index (χ2n) is 6.03. The minimum absolute atomic E-state index is 0. The first kappa shape index (κ1) is 27.6. The van der Waals surface area contributed by atoms with Crippen molar-refractivity contribution in [2.75, 3.05) is 60.1 Å². The van der Waals surface area contributed by atoms with Gasteiger partial charge in [-0.15, -0.1) is 24.8 Å². The number of amides is 2. The fourth-order valence-electron chi connectivity index (χ4n) is 2.69. The number of halogens is 2. The maximum absolute atomic E-state index is 12.2. The molecule has 10 heteroatoms. The van der Waals surface area contributed by atoms with E-state index in [2.05, 4.69) is 10.2 Å². The Hall–Kier alpha value is -0.640. The molecule has 1 saturated heterocycles. The summed E-state index contributed by atoms with van der Waals surface area (Å²) >= 11 is 0. The van der Waals surface area contributed by atoms with Crippen LogP contribution in [0.5, 0.6) is 0 Å². The average molecular weight is 417 g/mol. The van der Waals surface area contributed by atoms with E-state index in [1.54, 1.807) is 14.2 Å². The Kier molecular flexibility index (Phi) is 16.4. The molecule has 0 saturated carbocycles. The molecule has 8 nitrogen and oxygen atoms in total. The number of nitrogens with zero attached hydrogens (tertiary/aromatic N) is 2.